The Morgan fingerprint density at radius 2 is 1.92 bits per heavy atom. The van der Waals surface area contributed by atoms with Gasteiger partial charge < -0.3 is 14.8 Å². The predicted molar refractivity (Wildman–Crippen MR) is 144 cm³/mol. The monoisotopic (exact) mass is 542 g/mol. The summed E-state index contributed by atoms with van der Waals surface area (Å²) in [6, 6.07) is 10.2. The summed E-state index contributed by atoms with van der Waals surface area (Å²) in [6.07, 6.45) is 4.08. The number of nitrogens with zero attached hydrogens (tertiary/aromatic N) is 3. The maximum atomic E-state index is 12.3. The van der Waals surface area contributed by atoms with Crippen molar-refractivity contribution in [3.8, 4) is 11.5 Å². The quantitative estimate of drug-likeness (QED) is 0.201. The summed E-state index contributed by atoms with van der Waals surface area (Å²) in [4.78, 5) is 5.67. The van der Waals surface area contributed by atoms with Crippen LogP contribution in [0.25, 0.3) is 16.6 Å². The molecule has 0 atom stereocenters. The number of hydrogen-bond acceptors (Lipinski definition) is 6. The molecule has 1 N–H and O–H groups in total. The van der Waals surface area contributed by atoms with Gasteiger partial charge in [-0.1, -0.05) is 24.3 Å². The zero-order valence-electron chi connectivity index (χ0n) is 21.3. The predicted octanol–water partition coefficient (Wildman–Crippen LogP) is 7.32. The molecule has 10 heteroatoms. The molecule has 1 aliphatic rings. The molecule has 6 nitrogen and oxygen atoms in total. The van der Waals surface area contributed by atoms with E-state index < -0.39 is 6.36 Å². The van der Waals surface area contributed by atoms with Crippen LogP contribution in [0.2, 0.25) is 0 Å². The number of allylic oxidation sites excluding steroid dienone is 1. The van der Waals surface area contributed by atoms with Gasteiger partial charge in [0, 0.05) is 24.2 Å². The number of alkyl halides is 3. The lowest BCUT2D eigenvalue weighted by atomic mass is 10.0. The van der Waals surface area contributed by atoms with Crippen molar-refractivity contribution in [3.05, 3.63) is 70.0 Å². The fourth-order valence-electron chi connectivity index (χ4n) is 4.52. The maximum absolute atomic E-state index is 12.3. The average Bonchev–Trinajstić information content (AvgIpc) is 3.56. The Balaban J connectivity index is 1.11. The minimum atomic E-state index is -4.68. The van der Waals surface area contributed by atoms with Crippen molar-refractivity contribution >= 4 is 33.6 Å². The fraction of sp³-hybridized carbons (Fsp3) is 0.357. The van der Waals surface area contributed by atoms with E-state index in [-0.39, 0.29) is 5.75 Å². The molecule has 0 unspecified atom stereocenters. The van der Waals surface area contributed by atoms with E-state index in [9.17, 15) is 13.2 Å². The van der Waals surface area contributed by atoms with Crippen LogP contribution < -0.4 is 14.8 Å². The maximum Gasteiger partial charge on any atom is 0.573 e. The number of imidazole rings is 1. The van der Waals surface area contributed by atoms with Crippen molar-refractivity contribution in [2.75, 3.05) is 18.5 Å². The third-order valence-electron chi connectivity index (χ3n) is 6.36. The number of ether oxygens (including phenoxy) is 2. The molecule has 0 radical (unpaired) electrons. The summed E-state index contributed by atoms with van der Waals surface area (Å²) in [5.74, 6) is 0.696. The van der Waals surface area contributed by atoms with E-state index in [1.54, 1.807) is 23.5 Å². The topological polar surface area (TPSA) is 60.7 Å². The van der Waals surface area contributed by atoms with Crippen LogP contribution in [-0.4, -0.2) is 34.1 Å². The van der Waals surface area contributed by atoms with Gasteiger partial charge in [-0.25, -0.2) is 9.50 Å². The Morgan fingerprint density at radius 1 is 1.11 bits per heavy atom. The summed E-state index contributed by atoms with van der Waals surface area (Å²) in [7, 11) is 0. The average molecular weight is 543 g/mol. The van der Waals surface area contributed by atoms with Crippen LogP contribution in [0.5, 0.6) is 11.5 Å². The number of hydrogen-bond donors (Lipinski definition) is 1. The van der Waals surface area contributed by atoms with Gasteiger partial charge in [-0.3, -0.25) is 0 Å². The van der Waals surface area contributed by atoms with Crippen LogP contribution in [0.15, 0.2) is 42.6 Å². The molecular weight excluding hydrogens is 513 g/mol. The van der Waals surface area contributed by atoms with E-state index in [2.05, 4.69) is 40.3 Å². The van der Waals surface area contributed by atoms with Gasteiger partial charge in [0.05, 0.1) is 18.5 Å². The van der Waals surface area contributed by atoms with Crippen LogP contribution in [-0.2, 0) is 12.8 Å². The molecule has 1 aliphatic carbocycles. The molecule has 0 saturated heterocycles. The zero-order valence-corrected chi connectivity index (χ0v) is 22.1. The van der Waals surface area contributed by atoms with Gasteiger partial charge in [0.15, 0.2) is 0 Å². The number of halogens is 3. The molecule has 38 heavy (non-hydrogen) atoms. The lowest BCUT2D eigenvalue weighted by Crippen LogP contribution is -2.17. The van der Waals surface area contributed by atoms with Gasteiger partial charge in [0.25, 0.3) is 0 Å². The lowest BCUT2D eigenvalue weighted by Gasteiger charge is -2.13. The van der Waals surface area contributed by atoms with Crippen molar-refractivity contribution in [2.24, 2.45) is 0 Å². The first-order valence-electron chi connectivity index (χ1n) is 12.7. The van der Waals surface area contributed by atoms with E-state index in [0.29, 0.717) is 6.61 Å². The first-order chi connectivity index (χ1) is 18.3. The molecule has 200 valence electrons. The van der Waals surface area contributed by atoms with E-state index in [1.807, 2.05) is 17.6 Å². The minimum Gasteiger partial charge on any atom is -0.493 e. The van der Waals surface area contributed by atoms with Crippen LogP contribution in [0, 0.1) is 6.92 Å². The van der Waals surface area contributed by atoms with Crippen molar-refractivity contribution < 1.29 is 22.6 Å². The van der Waals surface area contributed by atoms with Gasteiger partial charge >= 0.3 is 6.36 Å². The molecular formula is C28H29F3N4O2S. The summed E-state index contributed by atoms with van der Waals surface area (Å²) < 4.78 is 48.8. The van der Waals surface area contributed by atoms with Crippen molar-refractivity contribution in [3.63, 3.8) is 0 Å². The number of rotatable bonds is 11. The SMILES string of the molecule is CCc1cc2c(c(OCCCCCNc3ccc(OC(F)(F)F)cc3)c1)C=C(c1cn3nc(C)sc3n1)C2. The Bertz CT molecular complexity index is 1410. The number of unbranched alkanes of at least 4 members (excludes halogenated alkanes) is 2. The first-order valence-corrected chi connectivity index (χ1v) is 13.5. The van der Waals surface area contributed by atoms with Crippen molar-refractivity contribution in [1.82, 2.24) is 14.6 Å². The molecule has 0 fully saturated rings. The third kappa shape index (κ3) is 6.30. The van der Waals surface area contributed by atoms with Gasteiger partial charge in [-0.05, 0) is 85.7 Å². The molecule has 4 aromatic rings. The van der Waals surface area contributed by atoms with E-state index in [4.69, 9.17) is 9.72 Å². The zero-order chi connectivity index (χ0) is 26.7. The van der Waals surface area contributed by atoms with E-state index in [0.717, 1.165) is 71.3 Å². The molecule has 0 aliphatic heterocycles. The number of nitrogens with one attached hydrogen (secondary N) is 1. The molecule has 0 amide bonds. The van der Waals surface area contributed by atoms with Gasteiger partial charge in [-0.15, -0.1) is 13.2 Å². The Labute approximate surface area is 223 Å². The Morgan fingerprint density at radius 3 is 2.66 bits per heavy atom. The largest absolute Gasteiger partial charge is 0.573 e. The number of anilines is 1. The number of aromatic nitrogens is 3. The van der Waals surface area contributed by atoms with Gasteiger partial charge in [0.2, 0.25) is 4.96 Å². The first kappa shape index (κ1) is 26.1. The van der Waals surface area contributed by atoms with Gasteiger partial charge in [0.1, 0.15) is 16.5 Å². The van der Waals surface area contributed by atoms with Crippen molar-refractivity contribution in [2.45, 2.75) is 52.3 Å². The molecule has 2 aromatic carbocycles. The van der Waals surface area contributed by atoms with Crippen LogP contribution >= 0.6 is 11.3 Å². The highest BCUT2D eigenvalue weighted by molar-refractivity contribution is 7.16. The molecule has 0 saturated carbocycles. The second kappa shape index (κ2) is 11.1. The molecule has 0 spiro atoms. The Kier molecular flexibility index (Phi) is 7.60. The molecule has 0 bridgehead atoms. The summed E-state index contributed by atoms with van der Waals surface area (Å²) in [5, 5.41) is 8.70. The van der Waals surface area contributed by atoms with Crippen molar-refractivity contribution in [1.29, 1.82) is 0 Å². The summed E-state index contributed by atoms with van der Waals surface area (Å²) >= 11 is 1.59. The summed E-state index contributed by atoms with van der Waals surface area (Å²) in [5.41, 5.74) is 6.56. The van der Waals surface area contributed by atoms with E-state index >= 15 is 0 Å². The summed E-state index contributed by atoms with van der Waals surface area (Å²) in [6.45, 7) is 5.48. The number of fused-ring (bicyclic) bond motifs is 2. The number of benzene rings is 2. The lowest BCUT2D eigenvalue weighted by molar-refractivity contribution is -0.274. The third-order valence-corrected chi connectivity index (χ3v) is 7.20. The molecule has 5 rings (SSSR count). The van der Waals surface area contributed by atoms with Gasteiger partial charge in [-0.2, -0.15) is 5.10 Å². The highest BCUT2D eigenvalue weighted by Gasteiger charge is 2.31. The normalized spacial score (nSPS) is 13.0. The van der Waals surface area contributed by atoms with Crippen LogP contribution in [0.1, 0.15) is 53.6 Å². The second-order valence-electron chi connectivity index (χ2n) is 9.25. The number of aryl methyl sites for hydroxylation is 2. The fourth-order valence-corrected chi connectivity index (χ4v) is 5.25. The Hall–Kier alpha value is -3.53. The highest BCUT2D eigenvalue weighted by Crippen LogP contribution is 2.38. The molecule has 2 aromatic heterocycles. The van der Waals surface area contributed by atoms with Crippen LogP contribution in [0.3, 0.4) is 0 Å². The highest BCUT2D eigenvalue weighted by atomic mass is 32.1. The van der Waals surface area contributed by atoms with E-state index in [1.165, 1.54) is 28.8 Å². The standard InChI is InChI=1S/C28H29F3N4O2S/c1-3-19-13-20-15-21(25-17-35-27(33-25)38-18(2)34-35)16-24(20)26(14-19)36-12-6-4-5-11-32-22-7-9-23(10-8-22)37-28(29,30)31/h7-10,13-14,16-17,32H,3-6,11-12,15H2,1-2H3. The minimum absolute atomic E-state index is 0.224. The second-order valence-corrected chi connectivity index (χ2v) is 10.4. The van der Waals surface area contributed by atoms with Crippen LogP contribution in [0.4, 0.5) is 18.9 Å². The molecule has 2 heterocycles. The smallest absolute Gasteiger partial charge is 0.493 e.